The summed E-state index contributed by atoms with van der Waals surface area (Å²) < 4.78 is 10.6. The van der Waals surface area contributed by atoms with Gasteiger partial charge in [0.2, 0.25) is 0 Å². The van der Waals surface area contributed by atoms with Crippen LogP contribution in [-0.2, 0) is 6.54 Å². The van der Waals surface area contributed by atoms with Crippen LogP contribution in [0.4, 0.5) is 0 Å². The van der Waals surface area contributed by atoms with Crippen molar-refractivity contribution in [3.8, 4) is 11.5 Å². The summed E-state index contributed by atoms with van der Waals surface area (Å²) in [5, 5.41) is 2.42. The van der Waals surface area contributed by atoms with Gasteiger partial charge in [-0.2, -0.15) is 0 Å². The fourth-order valence-electron chi connectivity index (χ4n) is 3.19. The molecule has 0 spiro atoms. The highest BCUT2D eigenvalue weighted by molar-refractivity contribution is 5.42. The van der Waals surface area contributed by atoms with E-state index in [1.54, 1.807) is 19.1 Å². The van der Waals surface area contributed by atoms with Crippen molar-refractivity contribution in [2.45, 2.75) is 32.4 Å². The minimum Gasteiger partial charge on any atom is -0.493 e. The van der Waals surface area contributed by atoms with Crippen LogP contribution in [0.3, 0.4) is 0 Å². The first-order chi connectivity index (χ1) is 9.78. The van der Waals surface area contributed by atoms with Gasteiger partial charge >= 0.3 is 0 Å². The molecule has 0 radical (unpaired) electrons. The van der Waals surface area contributed by atoms with Crippen molar-refractivity contribution >= 4 is 0 Å². The van der Waals surface area contributed by atoms with E-state index in [-0.39, 0.29) is 0 Å². The molecule has 1 heterocycles. The van der Waals surface area contributed by atoms with Gasteiger partial charge in [-0.1, -0.05) is 0 Å². The van der Waals surface area contributed by atoms with Crippen molar-refractivity contribution in [2.24, 2.45) is 0 Å². The van der Waals surface area contributed by atoms with Crippen molar-refractivity contribution in [1.82, 2.24) is 0 Å². The molecule has 20 heavy (non-hydrogen) atoms. The molecule has 1 aliphatic heterocycles. The van der Waals surface area contributed by atoms with E-state index in [0.717, 1.165) is 24.1 Å². The van der Waals surface area contributed by atoms with E-state index in [4.69, 9.17) is 9.47 Å². The van der Waals surface area contributed by atoms with Gasteiger partial charge in [-0.15, -0.1) is 0 Å². The summed E-state index contributed by atoms with van der Waals surface area (Å²) >= 11 is 0. The Bertz CT molecular complexity index is 423. The molecule has 0 amide bonds. The fourth-order valence-corrected chi connectivity index (χ4v) is 3.19. The molecule has 0 aliphatic carbocycles. The van der Waals surface area contributed by atoms with Crippen LogP contribution >= 0.6 is 0 Å². The highest BCUT2D eigenvalue weighted by Crippen LogP contribution is 2.27. The highest BCUT2D eigenvalue weighted by Gasteiger charge is 2.28. The Morgan fingerprint density at radius 3 is 2.75 bits per heavy atom. The summed E-state index contributed by atoms with van der Waals surface area (Å²) in [6, 6.07) is 7.02. The van der Waals surface area contributed by atoms with E-state index >= 15 is 0 Å². The summed E-state index contributed by atoms with van der Waals surface area (Å²) in [5.41, 5.74) is 1.29. The summed E-state index contributed by atoms with van der Waals surface area (Å²) in [5.74, 6) is 1.62. The van der Waals surface area contributed by atoms with Crippen LogP contribution in [-0.4, -0.2) is 39.9 Å². The lowest BCUT2D eigenvalue weighted by Crippen LogP contribution is -3.16. The molecule has 1 unspecified atom stereocenters. The molecule has 112 valence electrons. The second kappa shape index (κ2) is 7.50. The number of likely N-dealkylation sites (N-methyl/N-ethyl adjacent to an activating group) is 1. The first-order valence-electron chi connectivity index (χ1n) is 7.65. The lowest BCUT2D eigenvalue weighted by atomic mass is 10.2. The Morgan fingerprint density at radius 1 is 1.25 bits per heavy atom. The molecule has 4 nitrogen and oxygen atoms in total. The van der Waals surface area contributed by atoms with Crippen LogP contribution in [0, 0.1) is 0 Å². The van der Waals surface area contributed by atoms with Crippen molar-refractivity contribution < 1.29 is 19.7 Å². The van der Waals surface area contributed by atoms with Crippen LogP contribution in [0.2, 0.25) is 0 Å². The molecule has 2 rings (SSSR count). The number of rotatable bonds is 7. The van der Waals surface area contributed by atoms with Crippen molar-refractivity contribution in [3.63, 3.8) is 0 Å². The lowest BCUT2D eigenvalue weighted by Gasteiger charge is -2.18. The maximum Gasteiger partial charge on any atom is 0.161 e. The minimum atomic E-state index is 0.800. The molecule has 2 atom stereocenters. The van der Waals surface area contributed by atoms with Crippen molar-refractivity contribution in [1.29, 1.82) is 0 Å². The predicted octanol–water partition coefficient (Wildman–Crippen LogP) is -0.166. The first-order valence-corrected chi connectivity index (χ1v) is 7.65. The molecular weight excluding hydrogens is 252 g/mol. The molecule has 0 aromatic heterocycles. The molecule has 4 heteroatoms. The van der Waals surface area contributed by atoms with E-state index < -0.39 is 0 Å². The van der Waals surface area contributed by atoms with Crippen molar-refractivity contribution in [3.05, 3.63) is 23.8 Å². The Kier molecular flexibility index (Phi) is 5.68. The Labute approximate surface area is 122 Å². The van der Waals surface area contributed by atoms with Gasteiger partial charge in [0.15, 0.2) is 11.5 Å². The van der Waals surface area contributed by atoms with Gasteiger partial charge in [0.1, 0.15) is 19.1 Å². The van der Waals surface area contributed by atoms with Gasteiger partial charge in [0.25, 0.3) is 0 Å². The van der Waals surface area contributed by atoms with Crippen LogP contribution < -0.4 is 19.7 Å². The second-order valence-electron chi connectivity index (χ2n) is 5.52. The first kappa shape index (κ1) is 15.1. The van der Waals surface area contributed by atoms with E-state index in [1.807, 2.05) is 6.07 Å². The number of hydrogen-bond donors (Lipinski definition) is 2. The van der Waals surface area contributed by atoms with Gasteiger partial charge < -0.3 is 19.7 Å². The zero-order chi connectivity index (χ0) is 14.4. The molecule has 1 aromatic carbocycles. The summed E-state index contributed by atoms with van der Waals surface area (Å²) in [4.78, 5) is 1.77. The number of hydrogen-bond acceptors (Lipinski definition) is 2. The van der Waals surface area contributed by atoms with Crippen LogP contribution in [0.15, 0.2) is 18.2 Å². The normalized spacial score (nSPS) is 21.9. The number of quaternary nitrogens is 2. The zero-order valence-corrected chi connectivity index (χ0v) is 12.9. The average molecular weight is 280 g/mol. The molecule has 0 bridgehead atoms. The second-order valence-corrected chi connectivity index (χ2v) is 5.52. The Morgan fingerprint density at radius 2 is 2.05 bits per heavy atom. The molecule has 3 N–H and O–H groups in total. The Hall–Kier alpha value is -1.26. The SMILES string of the molecule is CC[NH+]1CCC[C@@H]1C[NH2+]Cc1ccc(OC)c(OC)c1. The number of ether oxygens (including phenoxy) is 2. The largest absolute Gasteiger partial charge is 0.493 e. The molecule has 1 aliphatic rings. The number of nitrogens with two attached hydrogens (primary N) is 1. The van der Waals surface area contributed by atoms with E-state index in [9.17, 15) is 0 Å². The third-order valence-electron chi connectivity index (χ3n) is 4.36. The molecular formula is C16H28N2O2+2. The van der Waals surface area contributed by atoms with Crippen LogP contribution in [0.1, 0.15) is 25.3 Å². The predicted molar refractivity (Wildman–Crippen MR) is 79.4 cm³/mol. The monoisotopic (exact) mass is 280 g/mol. The van der Waals surface area contributed by atoms with Gasteiger partial charge in [0, 0.05) is 18.4 Å². The minimum absolute atomic E-state index is 0.800. The number of nitrogens with one attached hydrogen (secondary N) is 1. The zero-order valence-electron chi connectivity index (χ0n) is 12.9. The van der Waals surface area contributed by atoms with E-state index in [0.29, 0.717) is 0 Å². The van der Waals surface area contributed by atoms with Crippen LogP contribution in [0.25, 0.3) is 0 Å². The molecule has 1 saturated heterocycles. The van der Waals surface area contributed by atoms with Gasteiger partial charge in [-0.25, -0.2) is 0 Å². The van der Waals surface area contributed by atoms with Crippen LogP contribution in [0.5, 0.6) is 11.5 Å². The summed E-state index contributed by atoms with van der Waals surface area (Å²) in [6.07, 6.45) is 2.77. The molecule has 1 aromatic rings. The Balaban J connectivity index is 1.85. The van der Waals surface area contributed by atoms with Crippen molar-refractivity contribution in [2.75, 3.05) is 33.9 Å². The highest BCUT2D eigenvalue weighted by atomic mass is 16.5. The van der Waals surface area contributed by atoms with Gasteiger partial charge in [-0.05, 0) is 25.1 Å². The average Bonchev–Trinajstić information content (AvgIpc) is 2.94. The molecule has 1 fully saturated rings. The van der Waals surface area contributed by atoms with Gasteiger partial charge in [-0.3, -0.25) is 0 Å². The maximum absolute atomic E-state index is 5.35. The smallest absolute Gasteiger partial charge is 0.161 e. The number of methoxy groups -OCH3 is 2. The van der Waals surface area contributed by atoms with Gasteiger partial charge in [0.05, 0.1) is 27.3 Å². The number of likely N-dealkylation sites (tertiary alicyclic amines) is 1. The van der Waals surface area contributed by atoms with E-state index in [1.165, 1.54) is 38.0 Å². The lowest BCUT2D eigenvalue weighted by molar-refractivity contribution is -0.925. The van der Waals surface area contributed by atoms with E-state index in [2.05, 4.69) is 24.4 Å². The maximum atomic E-state index is 5.35. The summed E-state index contributed by atoms with van der Waals surface area (Å²) in [7, 11) is 3.36. The standard InChI is InChI=1S/C16H26N2O2/c1-4-18-9-5-6-14(18)12-17-11-13-7-8-15(19-2)16(10-13)20-3/h7-8,10,14,17H,4-6,9,11-12H2,1-3H3/p+2/t14-/m1/s1. The fraction of sp³-hybridized carbons (Fsp3) is 0.625. The third kappa shape index (κ3) is 3.64. The topological polar surface area (TPSA) is 39.5 Å². The third-order valence-corrected chi connectivity index (χ3v) is 4.36. The number of benzene rings is 1. The summed E-state index contributed by atoms with van der Waals surface area (Å²) in [6.45, 7) is 7.13. The quantitative estimate of drug-likeness (QED) is 0.728. The molecule has 0 saturated carbocycles.